The number of benzene rings is 1. The Morgan fingerprint density at radius 3 is 2.76 bits per heavy atom. The molecule has 0 heterocycles. The van der Waals surface area contributed by atoms with Crippen LogP contribution in [-0.4, -0.2) is 22.6 Å². The van der Waals surface area contributed by atoms with Crippen LogP contribution in [0.3, 0.4) is 0 Å². The lowest BCUT2D eigenvalue weighted by atomic mass is 10.0. The zero-order chi connectivity index (χ0) is 14.7. The normalized spacial score (nSPS) is 18.2. The van der Waals surface area contributed by atoms with Gasteiger partial charge in [-0.25, -0.2) is 0 Å². The Labute approximate surface area is 130 Å². The quantitative estimate of drug-likeness (QED) is 0.664. The van der Waals surface area contributed by atoms with Crippen molar-refractivity contribution in [3.05, 3.63) is 36.0 Å². The Bertz CT molecular complexity index is 551. The van der Waals surface area contributed by atoms with Gasteiger partial charge in [0.25, 0.3) is 0 Å². The number of thioether (sulfide) groups is 1. The smallest absolute Gasteiger partial charge is 0.237 e. The molecule has 3 nitrogen and oxygen atoms in total. The average Bonchev–Trinajstić information content (AvgIpc) is 3.32. The molecule has 2 N–H and O–H groups in total. The third-order valence-electron chi connectivity index (χ3n) is 4.03. The fourth-order valence-electron chi connectivity index (χ4n) is 2.79. The van der Waals surface area contributed by atoms with Crippen LogP contribution in [0.5, 0.6) is 0 Å². The molecule has 3 rings (SSSR count). The molecule has 0 bridgehead atoms. The van der Waals surface area contributed by atoms with Gasteiger partial charge in [0.05, 0.1) is 5.75 Å². The van der Waals surface area contributed by atoms with E-state index in [-0.39, 0.29) is 5.91 Å². The minimum atomic E-state index is 0.235. The number of allylic oxidation sites excluding steroid dienone is 2. The number of anilines is 1. The van der Waals surface area contributed by atoms with Crippen LogP contribution in [0.15, 0.2) is 40.9 Å². The summed E-state index contributed by atoms with van der Waals surface area (Å²) in [6.45, 7) is 0. The van der Waals surface area contributed by atoms with E-state index in [0.29, 0.717) is 11.8 Å². The number of amides is 1. The molecule has 0 aromatic heterocycles. The molecule has 0 saturated heterocycles. The van der Waals surface area contributed by atoms with Crippen molar-refractivity contribution < 1.29 is 4.79 Å². The van der Waals surface area contributed by atoms with Gasteiger partial charge in [0.2, 0.25) is 5.91 Å². The topological polar surface area (TPSA) is 46.3 Å². The number of nitrogen functional groups attached to an aromatic ring is 1. The monoisotopic (exact) mass is 302 g/mol. The van der Waals surface area contributed by atoms with Crippen molar-refractivity contribution in [3.63, 3.8) is 0 Å². The summed E-state index contributed by atoms with van der Waals surface area (Å²) in [6.07, 6.45) is 9.21. The van der Waals surface area contributed by atoms with E-state index in [1.807, 2.05) is 24.3 Å². The molecule has 0 unspecified atom stereocenters. The van der Waals surface area contributed by atoms with Crippen molar-refractivity contribution in [2.45, 2.75) is 49.5 Å². The zero-order valence-electron chi connectivity index (χ0n) is 12.3. The van der Waals surface area contributed by atoms with E-state index in [2.05, 4.69) is 11.0 Å². The molecule has 2 aliphatic carbocycles. The van der Waals surface area contributed by atoms with Crippen molar-refractivity contribution in [2.24, 2.45) is 0 Å². The summed E-state index contributed by atoms with van der Waals surface area (Å²) in [7, 11) is 0. The number of carbonyl (C=O) groups is 1. The van der Waals surface area contributed by atoms with Crippen LogP contribution in [0.1, 0.15) is 38.5 Å². The molecule has 1 fully saturated rings. The van der Waals surface area contributed by atoms with Gasteiger partial charge in [-0.3, -0.25) is 4.79 Å². The summed E-state index contributed by atoms with van der Waals surface area (Å²) >= 11 is 1.55. The highest BCUT2D eigenvalue weighted by Crippen LogP contribution is 2.35. The van der Waals surface area contributed by atoms with Crippen LogP contribution in [0.4, 0.5) is 5.69 Å². The van der Waals surface area contributed by atoms with Gasteiger partial charge in [-0.05, 0) is 50.7 Å². The molecule has 21 heavy (non-hydrogen) atoms. The highest BCUT2D eigenvalue weighted by Gasteiger charge is 2.34. The molecule has 0 spiro atoms. The van der Waals surface area contributed by atoms with E-state index in [1.54, 1.807) is 11.8 Å². The van der Waals surface area contributed by atoms with Gasteiger partial charge >= 0.3 is 0 Å². The number of nitrogens with zero attached hydrogens (tertiary/aromatic N) is 1. The summed E-state index contributed by atoms with van der Waals surface area (Å²) in [5.41, 5.74) is 7.96. The predicted octanol–water partition coefficient (Wildman–Crippen LogP) is 3.81. The first-order chi connectivity index (χ1) is 10.3. The van der Waals surface area contributed by atoms with E-state index >= 15 is 0 Å². The number of hydrogen-bond donors (Lipinski definition) is 1. The van der Waals surface area contributed by atoms with Crippen molar-refractivity contribution in [2.75, 3.05) is 11.5 Å². The third-order valence-corrected chi connectivity index (χ3v) is 5.10. The Morgan fingerprint density at radius 2 is 2.10 bits per heavy atom. The van der Waals surface area contributed by atoms with E-state index < -0.39 is 0 Å². The maximum Gasteiger partial charge on any atom is 0.237 e. The average molecular weight is 302 g/mol. The third kappa shape index (κ3) is 3.62. The Balaban J connectivity index is 1.65. The van der Waals surface area contributed by atoms with Gasteiger partial charge in [-0.1, -0.05) is 18.2 Å². The van der Waals surface area contributed by atoms with E-state index in [0.717, 1.165) is 36.3 Å². The summed E-state index contributed by atoms with van der Waals surface area (Å²) in [6, 6.07) is 8.20. The van der Waals surface area contributed by atoms with Crippen LogP contribution in [0.25, 0.3) is 0 Å². The van der Waals surface area contributed by atoms with E-state index in [4.69, 9.17) is 5.73 Å². The molecule has 0 radical (unpaired) electrons. The standard InChI is InChI=1S/C17H22N2OS/c18-15-8-4-5-9-16(15)21-12-17(20)19(14-10-11-14)13-6-2-1-3-7-13/h4-6,8-9,14H,1-3,7,10-12,18H2. The summed E-state index contributed by atoms with van der Waals surface area (Å²) in [5.74, 6) is 0.709. The summed E-state index contributed by atoms with van der Waals surface area (Å²) in [4.78, 5) is 15.7. The summed E-state index contributed by atoms with van der Waals surface area (Å²) < 4.78 is 0. The van der Waals surface area contributed by atoms with Crippen molar-refractivity contribution in [1.82, 2.24) is 4.90 Å². The predicted molar refractivity (Wildman–Crippen MR) is 88.0 cm³/mol. The molecule has 0 aliphatic heterocycles. The number of hydrogen-bond acceptors (Lipinski definition) is 3. The lowest BCUT2D eigenvalue weighted by Crippen LogP contribution is -2.34. The Morgan fingerprint density at radius 1 is 1.29 bits per heavy atom. The molecule has 4 heteroatoms. The molecule has 0 atom stereocenters. The van der Waals surface area contributed by atoms with Crippen LogP contribution in [0.2, 0.25) is 0 Å². The molecule has 2 aliphatic rings. The van der Waals surface area contributed by atoms with Gasteiger partial charge < -0.3 is 10.6 Å². The Hall–Kier alpha value is -1.42. The zero-order valence-corrected chi connectivity index (χ0v) is 13.1. The minimum Gasteiger partial charge on any atom is -0.398 e. The first-order valence-electron chi connectivity index (χ1n) is 7.74. The second-order valence-corrected chi connectivity index (χ2v) is 6.78. The molecule has 1 amide bonds. The minimum absolute atomic E-state index is 0.235. The van der Waals surface area contributed by atoms with Gasteiger partial charge in [0, 0.05) is 22.3 Å². The second-order valence-electron chi connectivity index (χ2n) is 5.76. The van der Waals surface area contributed by atoms with Crippen molar-refractivity contribution in [3.8, 4) is 0 Å². The molecular formula is C17H22N2OS. The number of nitrogens with two attached hydrogens (primary N) is 1. The number of carbonyl (C=O) groups excluding carboxylic acids is 1. The lowest BCUT2D eigenvalue weighted by molar-refractivity contribution is -0.127. The first kappa shape index (κ1) is 14.5. The van der Waals surface area contributed by atoms with Gasteiger partial charge in [0.15, 0.2) is 0 Å². The van der Waals surface area contributed by atoms with Crippen molar-refractivity contribution >= 4 is 23.4 Å². The van der Waals surface area contributed by atoms with Gasteiger partial charge in [-0.2, -0.15) is 0 Å². The molecule has 1 aromatic rings. The van der Waals surface area contributed by atoms with E-state index in [1.165, 1.54) is 18.5 Å². The fourth-order valence-corrected chi connectivity index (χ4v) is 3.62. The highest BCUT2D eigenvalue weighted by molar-refractivity contribution is 8.00. The molecular weight excluding hydrogens is 280 g/mol. The number of para-hydroxylation sites is 1. The molecule has 1 aromatic carbocycles. The van der Waals surface area contributed by atoms with Crippen LogP contribution >= 0.6 is 11.8 Å². The van der Waals surface area contributed by atoms with Gasteiger partial charge in [0.1, 0.15) is 0 Å². The second kappa shape index (κ2) is 6.56. The fraction of sp³-hybridized carbons (Fsp3) is 0.471. The van der Waals surface area contributed by atoms with E-state index in [9.17, 15) is 4.79 Å². The largest absolute Gasteiger partial charge is 0.398 e. The maximum atomic E-state index is 12.6. The molecule has 112 valence electrons. The van der Waals surface area contributed by atoms with Crippen molar-refractivity contribution in [1.29, 1.82) is 0 Å². The lowest BCUT2D eigenvalue weighted by Gasteiger charge is -2.27. The first-order valence-corrected chi connectivity index (χ1v) is 8.72. The van der Waals surface area contributed by atoms with Crippen LogP contribution < -0.4 is 5.73 Å². The highest BCUT2D eigenvalue weighted by atomic mass is 32.2. The number of rotatable bonds is 5. The van der Waals surface area contributed by atoms with Crippen LogP contribution in [-0.2, 0) is 4.79 Å². The summed E-state index contributed by atoms with van der Waals surface area (Å²) in [5, 5.41) is 0. The van der Waals surface area contributed by atoms with Crippen LogP contribution in [0, 0.1) is 0 Å². The molecule has 1 saturated carbocycles. The SMILES string of the molecule is Nc1ccccc1SCC(=O)N(C1=CCCCC1)C1CC1. The van der Waals surface area contributed by atoms with Gasteiger partial charge in [-0.15, -0.1) is 11.8 Å². The Kier molecular flexibility index (Phi) is 4.54. The maximum absolute atomic E-state index is 12.6.